The van der Waals surface area contributed by atoms with Crippen LogP contribution in [0.4, 0.5) is 5.82 Å². The Kier molecular flexibility index (Phi) is 3.91. The number of benzene rings is 1. The fourth-order valence-electron chi connectivity index (χ4n) is 3.26. The third-order valence-corrected chi connectivity index (χ3v) is 4.44. The molecular weight excluding hydrogens is 302 g/mol. The molecule has 1 aliphatic rings. The molecule has 1 aromatic carbocycles. The van der Waals surface area contributed by atoms with Crippen molar-refractivity contribution in [2.45, 2.75) is 31.7 Å². The van der Waals surface area contributed by atoms with Gasteiger partial charge < -0.3 is 9.73 Å². The Balaban J connectivity index is 1.46. The van der Waals surface area contributed by atoms with Crippen molar-refractivity contribution >= 4 is 28.8 Å². The van der Waals surface area contributed by atoms with Gasteiger partial charge in [-0.2, -0.15) is 5.10 Å². The molecule has 5 heteroatoms. The van der Waals surface area contributed by atoms with Crippen molar-refractivity contribution in [1.82, 2.24) is 9.78 Å². The van der Waals surface area contributed by atoms with E-state index in [-0.39, 0.29) is 5.91 Å². The second kappa shape index (κ2) is 6.35. The third-order valence-electron chi connectivity index (χ3n) is 4.44. The molecule has 2 heterocycles. The number of hydrogen-bond donors (Lipinski definition) is 1. The minimum atomic E-state index is -0.185. The number of fused-ring (bicyclic) bond motifs is 1. The molecule has 0 bridgehead atoms. The number of amides is 1. The van der Waals surface area contributed by atoms with Crippen LogP contribution in [0.15, 0.2) is 53.1 Å². The largest absolute Gasteiger partial charge is 0.457 e. The molecule has 4 rings (SSSR count). The summed E-state index contributed by atoms with van der Waals surface area (Å²) in [4.78, 5) is 12.2. The Bertz CT molecular complexity index is 852. The van der Waals surface area contributed by atoms with Crippen molar-refractivity contribution in [3.63, 3.8) is 0 Å². The Morgan fingerprint density at radius 2 is 2.08 bits per heavy atom. The molecule has 0 atom stereocenters. The topological polar surface area (TPSA) is 60.1 Å². The summed E-state index contributed by atoms with van der Waals surface area (Å²) < 4.78 is 7.60. The minimum absolute atomic E-state index is 0.185. The zero-order chi connectivity index (χ0) is 16.4. The molecule has 1 saturated carbocycles. The smallest absolute Gasteiger partial charge is 0.249 e. The zero-order valence-corrected chi connectivity index (χ0v) is 13.3. The van der Waals surface area contributed by atoms with Crippen LogP contribution in [0.25, 0.3) is 17.0 Å². The van der Waals surface area contributed by atoms with Gasteiger partial charge in [0.1, 0.15) is 17.2 Å². The Hall–Kier alpha value is -2.82. The average Bonchev–Trinajstić information content (AvgIpc) is 3.32. The number of nitrogens with one attached hydrogen (secondary N) is 1. The summed E-state index contributed by atoms with van der Waals surface area (Å²) in [5.41, 5.74) is 0.817. The van der Waals surface area contributed by atoms with E-state index in [0.717, 1.165) is 29.6 Å². The summed E-state index contributed by atoms with van der Waals surface area (Å²) in [5, 5.41) is 8.29. The summed E-state index contributed by atoms with van der Waals surface area (Å²) in [6, 6.07) is 11.9. The van der Waals surface area contributed by atoms with Gasteiger partial charge in [-0.3, -0.25) is 4.79 Å². The lowest BCUT2D eigenvalue weighted by atomic mass is 10.2. The monoisotopic (exact) mass is 321 g/mol. The number of furan rings is 1. The van der Waals surface area contributed by atoms with Gasteiger partial charge in [-0.1, -0.05) is 31.0 Å². The lowest BCUT2D eigenvalue weighted by molar-refractivity contribution is -0.111. The van der Waals surface area contributed by atoms with E-state index in [4.69, 9.17) is 4.42 Å². The van der Waals surface area contributed by atoms with Crippen LogP contribution in [0.3, 0.4) is 0 Å². The maximum atomic E-state index is 12.2. The van der Waals surface area contributed by atoms with E-state index in [1.54, 1.807) is 12.3 Å². The van der Waals surface area contributed by atoms with Gasteiger partial charge in [0.2, 0.25) is 5.91 Å². The molecular formula is C19H19N3O2. The normalized spacial score (nSPS) is 15.5. The maximum absolute atomic E-state index is 12.2. The molecule has 1 aliphatic carbocycles. The predicted molar refractivity (Wildman–Crippen MR) is 93.6 cm³/mol. The summed E-state index contributed by atoms with van der Waals surface area (Å²) in [6.07, 6.45) is 9.61. The molecule has 0 radical (unpaired) electrons. The second-order valence-electron chi connectivity index (χ2n) is 6.11. The van der Waals surface area contributed by atoms with Gasteiger partial charge in [0.25, 0.3) is 0 Å². The number of anilines is 1. The van der Waals surface area contributed by atoms with Crippen LogP contribution in [0.5, 0.6) is 0 Å². The van der Waals surface area contributed by atoms with Crippen LogP contribution in [0.1, 0.15) is 37.5 Å². The quantitative estimate of drug-likeness (QED) is 0.725. The number of nitrogens with zero attached hydrogens (tertiary/aromatic N) is 2. The highest BCUT2D eigenvalue weighted by Crippen LogP contribution is 2.31. The molecule has 0 aliphatic heterocycles. The highest BCUT2D eigenvalue weighted by atomic mass is 16.3. The molecule has 0 saturated heterocycles. The lowest BCUT2D eigenvalue weighted by Gasteiger charge is -2.13. The Morgan fingerprint density at radius 3 is 2.92 bits per heavy atom. The summed E-state index contributed by atoms with van der Waals surface area (Å²) in [5.74, 6) is 1.23. The molecule has 0 spiro atoms. The van der Waals surface area contributed by atoms with Crippen molar-refractivity contribution in [3.05, 3.63) is 54.4 Å². The van der Waals surface area contributed by atoms with Gasteiger partial charge in [-0.25, -0.2) is 4.68 Å². The molecule has 0 unspecified atom stereocenters. The molecule has 1 N–H and O–H groups in total. The van der Waals surface area contributed by atoms with Crippen molar-refractivity contribution in [2.24, 2.45) is 0 Å². The summed E-state index contributed by atoms with van der Waals surface area (Å²) >= 11 is 0. The van der Waals surface area contributed by atoms with Crippen LogP contribution < -0.4 is 5.32 Å². The second-order valence-corrected chi connectivity index (χ2v) is 6.11. The number of aromatic nitrogens is 2. The Labute approximate surface area is 140 Å². The van der Waals surface area contributed by atoms with Crippen LogP contribution in [-0.2, 0) is 4.79 Å². The van der Waals surface area contributed by atoms with Crippen LogP contribution in [-0.4, -0.2) is 15.7 Å². The first-order valence-electron chi connectivity index (χ1n) is 8.31. The number of carbonyl (C=O) groups is 1. The third kappa shape index (κ3) is 2.97. The van der Waals surface area contributed by atoms with Gasteiger partial charge in [0.05, 0.1) is 12.2 Å². The van der Waals surface area contributed by atoms with Gasteiger partial charge in [-0.15, -0.1) is 0 Å². The summed E-state index contributed by atoms with van der Waals surface area (Å²) in [7, 11) is 0. The van der Waals surface area contributed by atoms with Gasteiger partial charge in [0.15, 0.2) is 0 Å². The van der Waals surface area contributed by atoms with Crippen LogP contribution in [0.2, 0.25) is 0 Å². The van der Waals surface area contributed by atoms with Crippen molar-refractivity contribution in [2.75, 3.05) is 5.32 Å². The predicted octanol–water partition coefficient (Wildman–Crippen LogP) is 4.40. The molecule has 3 aromatic rings. The van der Waals surface area contributed by atoms with Crippen molar-refractivity contribution in [3.8, 4) is 0 Å². The molecule has 24 heavy (non-hydrogen) atoms. The maximum Gasteiger partial charge on any atom is 0.249 e. The van der Waals surface area contributed by atoms with Crippen molar-refractivity contribution < 1.29 is 9.21 Å². The van der Waals surface area contributed by atoms with Crippen LogP contribution >= 0.6 is 0 Å². The Morgan fingerprint density at radius 1 is 1.25 bits per heavy atom. The number of hydrogen-bond acceptors (Lipinski definition) is 3. The highest BCUT2D eigenvalue weighted by molar-refractivity contribution is 6.01. The summed E-state index contributed by atoms with van der Waals surface area (Å²) in [6.45, 7) is 0. The number of carbonyl (C=O) groups excluding carboxylic acids is 1. The standard InChI is InChI=1S/C19H19N3O2/c23-19(10-9-16-13-14-5-1-4-8-17(14)24-16)21-18-11-12-20-22(18)15-6-2-3-7-15/h1,4-5,8-13,15H,2-3,6-7H2,(H,21,23)/b10-9+. The van der Waals surface area contributed by atoms with E-state index < -0.39 is 0 Å². The van der Waals surface area contributed by atoms with E-state index in [1.807, 2.05) is 41.1 Å². The van der Waals surface area contributed by atoms with E-state index in [0.29, 0.717) is 11.8 Å². The molecule has 122 valence electrons. The first-order chi connectivity index (χ1) is 11.8. The molecule has 1 amide bonds. The molecule has 1 fully saturated rings. The zero-order valence-electron chi connectivity index (χ0n) is 13.3. The molecule has 2 aromatic heterocycles. The van der Waals surface area contributed by atoms with E-state index in [9.17, 15) is 4.79 Å². The fourth-order valence-corrected chi connectivity index (χ4v) is 3.26. The van der Waals surface area contributed by atoms with E-state index in [2.05, 4.69) is 10.4 Å². The van der Waals surface area contributed by atoms with Crippen molar-refractivity contribution in [1.29, 1.82) is 0 Å². The first kappa shape index (κ1) is 14.8. The lowest BCUT2D eigenvalue weighted by Crippen LogP contribution is -2.15. The van der Waals surface area contributed by atoms with Gasteiger partial charge in [-0.05, 0) is 31.1 Å². The number of rotatable bonds is 4. The van der Waals surface area contributed by atoms with Crippen LogP contribution in [0, 0.1) is 0 Å². The molecule has 5 nitrogen and oxygen atoms in total. The van der Waals surface area contributed by atoms with Gasteiger partial charge >= 0.3 is 0 Å². The highest BCUT2D eigenvalue weighted by Gasteiger charge is 2.20. The first-order valence-corrected chi connectivity index (χ1v) is 8.31. The number of para-hydroxylation sites is 1. The average molecular weight is 321 g/mol. The van der Waals surface area contributed by atoms with Gasteiger partial charge in [0, 0.05) is 17.5 Å². The van der Waals surface area contributed by atoms with E-state index in [1.165, 1.54) is 18.9 Å². The SMILES string of the molecule is O=C(/C=C/c1cc2ccccc2o1)Nc1ccnn1C1CCCC1. The minimum Gasteiger partial charge on any atom is -0.457 e. The van der Waals surface area contributed by atoms with E-state index >= 15 is 0 Å². The fraction of sp³-hybridized carbons (Fsp3) is 0.263.